The van der Waals surface area contributed by atoms with Crippen molar-refractivity contribution in [2.75, 3.05) is 12.4 Å². The Balaban J connectivity index is 1.58. The van der Waals surface area contributed by atoms with E-state index >= 15 is 0 Å². The second-order valence-corrected chi connectivity index (χ2v) is 6.75. The minimum absolute atomic E-state index is 0.271. The number of amides is 1. The predicted octanol–water partition coefficient (Wildman–Crippen LogP) is 5.35. The fraction of sp³-hybridized carbons (Fsp3) is 0.0476. The Hall–Kier alpha value is -3.38. The number of aromatic nitrogens is 1. The maximum atomic E-state index is 12.8. The molecule has 134 valence electrons. The first-order valence-corrected chi connectivity index (χ1v) is 9.12. The van der Waals surface area contributed by atoms with Crippen molar-refractivity contribution in [3.05, 3.63) is 78.4 Å². The van der Waals surface area contributed by atoms with Gasteiger partial charge in [0.25, 0.3) is 5.91 Å². The topological polar surface area (TPSA) is 60.5 Å². The van der Waals surface area contributed by atoms with Gasteiger partial charge >= 0.3 is 0 Å². The molecule has 0 aliphatic heterocycles. The molecule has 6 heteroatoms. The predicted molar refractivity (Wildman–Crippen MR) is 107 cm³/mol. The number of rotatable bonds is 5. The number of anilines is 1. The number of ether oxygens (including phenoxy) is 2. The lowest BCUT2D eigenvalue weighted by atomic mass is 10.2. The van der Waals surface area contributed by atoms with Crippen molar-refractivity contribution in [1.82, 2.24) is 4.98 Å². The highest BCUT2D eigenvalue weighted by molar-refractivity contribution is 7.22. The van der Waals surface area contributed by atoms with E-state index in [2.05, 4.69) is 10.3 Å². The molecule has 0 saturated carbocycles. The minimum atomic E-state index is -0.271. The van der Waals surface area contributed by atoms with Gasteiger partial charge in [-0.15, -0.1) is 0 Å². The first-order valence-electron chi connectivity index (χ1n) is 8.31. The van der Waals surface area contributed by atoms with Crippen LogP contribution in [0.1, 0.15) is 10.4 Å². The molecule has 5 nitrogen and oxygen atoms in total. The third-order valence-corrected chi connectivity index (χ3v) is 4.85. The molecule has 3 aromatic carbocycles. The van der Waals surface area contributed by atoms with Gasteiger partial charge in [0.05, 0.1) is 22.9 Å². The number of benzene rings is 3. The summed E-state index contributed by atoms with van der Waals surface area (Å²) in [6, 6.07) is 22.1. The molecule has 0 aliphatic rings. The second kappa shape index (κ2) is 7.47. The van der Waals surface area contributed by atoms with Crippen LogP contribution in [0.3, 0.4) is 0 Å². The van der Waals surface area contributed by atoms with Crippen molar-refractivity contribution >= 4 is 32.6 Å². The van der Waals surface area contributed by atoms with Crippen molar-refractivity contribution in [2.45, 2.75) is 0 Å². The molecule has 0 aliphatic carbocycles. The van der Waals surface area contributed by atoms with Gasteiger partial charge in [-0.05, 0) is 42.5 Å². The molecule has 0 saturated heterocycles. The number of hydrogen-bond donors (Lipinski definition) is 1. The zero-order valence-corrected chi connectivity index (χ0v) is 15.3. The lowest BCUT2D eigenvalue weighted by Crippen LogP contribution is -2.12. The summed E-state index contributed by atoms with van der Waals surface area (Å²) >= 11 is 1.40. The summed E-state index contributed by atoms with van der Waals surface area (Å²) in [5, 5.41) is 3.38. The van der Waals surface area contributed by atoms with Crippen LogP contribution >= 0.6 is 11.3 Å². The van der Waals surface area contributed by atoms with Crippen LogP contribution in [-0.4, -0.2) is 18.0 Å². The standard InChI is InChI=1S/C21H16N2O3S/c1-25-15-11-12-17-19(13-15)27-21(22-17)23-20(24)16-9-5-6-10-18(16)26-14-7-3-2-4-8-14/h2-13H,1H3,(H,22,23,24). The van der Waals surface area contributed by atoms with Crippen molar-refractivity contribution in [2.24, 2.45) is 0 Å². The van der Waals surface area contributed by atoms with Gasteiger partial charge in [-0.3, -0.25) is 10.1 Å². The third-order valence-electron chi connectivity index (χ3n) is 3.92. The van der Waals surface area contributed by atoms with Crippen LogP contribution in [0.4, 0.5) is 5.13 Å². The first kappa shape index (κ1) is 17.1. The van der Waals surface area contributed by atoms with Crippen molar-refractivity contribution in [1.29, 1.82) is 0 Å². The largest absolute Gasteiger partial charge is 0.497 e. The number of hydrogen-bond acceptors (Lipinski definition) is 5. The maximum Gasteiger partial charge on any atom is 0.261 e. The average Bonchev–Trinajstić information content (AvgIpc) is 3.10. The van der Waals surface area contributed by atoms with E-state index < -0.39 is 0 Å². The summed E-state index contributed by atoms with van der Waals surface area (Å²) in [6.07, 6.45) is 0. The van der Waals surface area contributed by atoms with Crippen molar-refractivity contribution < 1.29 is 14.3 Å². The molecule has 1 amide bonds. The molecule has 1 aromatic heterocycles. The van der Waals surface area contributed by atoms with E-state index in [9.17, 15) is 4.79 Å². The average molecular weight is 376 g/mol. The number of carbonyl (C=O) groups is 1. The highest BCUT2D eigenvalue weighted by atomic mass is 32.1. The quantitative estimate of drug-likeness (QED) is 0.510. The molecular formula is C21H16N2O3S. The molecule has 1 N–H and O–H groups in total. The molecule has 0 atom stereocenters. The van der Waals surface area contributed by atoms with Crippen LogP contribution in [-0.2, 0) is 0 Å². The summed E-state index contributed by atoms with van der Waals surface area (Å²) in [5.41, 5.74) is 1.25. The first-order chi connectivity index (χ1) is 13.2. The van der Waals surface area contributed by atoms with Gasteiger partial charge in [0.15, 0.2) is 5.13 Å². The molecule has 0 spiro atoms. The fourth-order valence-electron chi connectivity index (χ4n) is 2.61. The van der Waals surface area contributed by atoms with E-state index in [4.69, 9.17) is 9.47 Å². The molecule has 0 radical (unpaired) electrons. The van der Waals surface area contributed by atoms with Gasteiger partial charge in [-0.1, -0.05) is 41.7 Å². The Kier molecular flexibility index (Phi) is 4.72. The summed E-state index contributed by atoms with van der Waals surface area (Å²) in [6.45, 7) is 0. The maximum absolute atomic E-state index is 12.8. The summed E-state index contributed by atoms with van der Waals surface area (Å²) in [5.74, 6) is 1.65. The van der Waals surface area contributed by atoms with E-state index in [-0.39, 0.29) is 5.91 Å². The van der Waals surface area contributed by atoms with Crippen LogP contribution in [0.15, 0.2) is 72.8 Å². The number of carbonyl (C=O) groups excluding carboxylic acids is 1. The van der Waals surface area contributed by atoms with Gasteiger partial charge in [-0.2, -0.15) is 0 Å². The summed E-state index contributed by atoms with van der Waals surface area (Å²) < 4.78 is 12.0. The van der Waals surface area contributed by atoms with E-state index in [0.29, 0.717) is 22.2 Å². The van der Waals surface area contributed by atoms with E-state index in [1.165, 1.54) is 11.3 Å². The number of para-hydroxylation sites is 2. The van der Waals surface area contributed by atoms with Crippen LogP contribution < -0.4 is 14.8 Å². The van der Waals surface area contributed by atoms with Gasteiger partial charge in [0.2, 0.25) is 0 Å². The monoisotopic (exact) mass is 376 g/mol. The number of methoxy groups -OCH3 is 1. The molecule has 0 bridgehead atoms. The van der Waals surface area contributed by atoms with Gasteiger partial charge in [-0.25, -0.2) is 4.98 Å². The number of nitrogens with zero attached hydrogens (tertiary/aromatic N) is 1. The summed E-state index contributed by atoms with van der Waals surface area (Å²) in [7, 11) is 1.62. The fourth-order valence-corrected chi connectivity index (χ4v) is 3.50. The van der Waals surface area contributed by atoms with Crippen molar-refractivity contribution in [3.8, 4) is 17.2 Å². The zero-order chi connectivity index (χ0) is 18.6. The lowest BCUT2D eigenvalue weighted by molar-refractivity contribution is 0.102. The van der Waals surface area contributed by atoms with Gasteiger partial charge < -0.3 is 9.47 Å². The lowest BCUT2D eigenvalue weighted by Gasteiger charge is -2.10. The molecule has 4 rings (SSSR count). The molecule has 4 aromatic rings. The Morgan fingerprint density at radius 2 is 1.74 bits per heavy atom. The second-order valence-electron chi connectivity index (χ2n) is 5.72. The summed E-state index contributed by atoms with van der Waals surface area (Å²) in [4.78, 5) is 17.2. The highest BCUT2D eigenvalue weighted by Crippen LogP contribution is 2.30. The molecule has 1 heterocycles. The molecule has 0 fully saturated rings. The Bertz CT molecular complexity index is 1090. The highest BCUT2D eigenvalue weighted by Gasteiger charge is 2.15. The van der Waals surface area contributed by atoms with E-state index in [1.807, 2.05) is 54.6 Å². The zero-order valence-electron chi connectivity index (χ0n) is 14.5. The Labute approximate surface area is 160 Å². The van der Waals surface area contributed by atoms with Crippen LogP contribution in [0.5, 0.6) is 17.2 Å². The number of thiazole rings is 1. The van der Waals surface area contributed by atoms with E-state index in [0.717, 1.165) is 16.0 Å². The van der Waals surface area contributed by atoms with Crippen LogP contribution in [0.25, 0.3) is 10.2 Å². The normalized spacial score (nSPS) is 10.6. The Morgan fingerprint density at radius 3 is 2.56 bits per heavy atom. The Morgan fingerprint density at radius 1 is 0.963 bits per heavy atom. The third kappa shape index (κ3) is 3.75. The van der Waals surface area contributed by atoms with E-state index in [1.54, 1.807) is 25.3 Å². The van der Waals surface area contributed by atoms with Gasteiger partial charge in [0, 0.05) is 0 Å². The van der Waals surface area contributed by atoms with Crippen molar-refractivity contribution in [3.63, 3.8) is 0 Å². The van der Waals surface area contributed by atoms with Crippen LogP contribution in [0.2, 0.25) is 0 Å². The SMILES string of the molecule is COc1ccc2nc(NC(=O)c3ccccc3Oc3ccccc3)sc2c1. The molecule has 27 heavy (non-hydrogen) atoms. The minimum Gasteiger partial charge on any atom is -0.497 e. The van der Waals surface area contributed by atoms with Gasteiger partial charge in [0.1, 0.15) is 17.2 Å². The smallest absolute Gasteiger partial charge is 0.261 e. The number of fused-ring (bicyclic) bond motifs is 1. The molecular weight excluding hydrogens is 360 g/mol. The molecule has 0 unspecified atom stereocenters. The number of nitrogens with one attached hydrogen (secondary N) is 1. The van der Waals surface area contributed by atoms with Crippen LogP contribution in [0, 0.1) is 0 Å².